The van der Waals surface area contributed by atoms with Gasteiger partial charge in [-0.1, -0.05) is 5.92 Å². The molecule has 0 fully saturated rings. The minimum absolute atomic E-state index is 0.335. The van der Waals surface area contributed by atoms with Crippen molar-refractivity contribution >= 4 is 5.69 Å². The zero-order valence-corrected chi connectivity index (χ0v) is 6.63. The molecule has 1 rings (SSSR count). The summed E-state index contributed by atoms with van der Waals surface area (Å²) in [5.74, 6) is 5.39. The second kappa shape index (κ2) is 3.41. The Morgan fingerprint density at radius 1 is 1.50 bits per heavy atom. The van der Waals surface area contributed by atoms with Crippen molar-refractivity contribution in [2.24, 2.45) is 0 Å². The summed E-state index contributed by atoms with van der Waals surface area (Å²) in [6.07, 6.45) is 0. The Hall–Kier alpha value is -2.00. The van der Waals surface area contributed by atoms with Crippen LogP contribution in [0.2, 0.25) is 0 Å². The molecule has 0 saturated heterocycles. The molecule has 3 heteroatoms. The molecular weight excluding hydrogens is 150 g/mol. The third kappa shape index (κ3) is 1.53. The van der Waals surface area contributed by atoms with E-state index in [1.165, 1.54) is 0 Å². The van der Waals surface area contributed by atoms with Crippen molar-refractivity contribution in [1.82, 2.24) is 4.98 Å². The van der Waals surface area contributed by atoms with Crippen molar-refractivity contribution in [2.75, 3.05) is 5.73 Å². The SMILES string of the molecule is CC#Cc1nc(C#N)ccc1N. The average Bonchev–Trinajstić information content (AvgIpc) is 2.09. The molecule has 12 heavy (non-hydrogen) atoms. The zero-order valence-electron chi connectivity index (χ0n) is 6.63. The maximum absolute atomic E-state index is 8.52. The molecule has 2 N–H and O–H groups in total. The largest absolute Gasteiger partial charge is 0.396 e. The van der Waals surface area contributed by atoms with E-state index in [4.69, 9.17) is 11.0 Å². The number of nitrogens with zero attached hydrogens (tertiary/aromatic N) is 2. The van der Waals surface area contributed by atoms with E-state index in [0.29, 0.717) is 17.1 Å². The van der Waals surface area contributed by atoms with Gasteiger partial charge in [0.05, 0.1) is 5.69 Å². The number of aromatic nitrogens is 1. The third-order valence-electron chi connectivity index (χ3n) is 1.28. The highest BCUT2D eigenvalue weighted by Gasteiger charge is 1.98. The summed E-state index contributed by atoms with van der Waals surface area (Å²) in [6, 6.07) is 5.11. The van der Waals surface area contributed by atoms with Gasteiger partial charge in [0.15, 0.2) is 0 Å². The van der Waals surface area contributed by atoms with Crippen LogP contribution in [0.15, 0.2) is 12.1 Å². The number of pyridine rings is 1. The highest BCUT2D eigenvalue weighted by molar-refractivity contribution is 5.52. The zero-order chi connectivity index (χ0) is 8.97. The van der Waals surface area contributed by atoms with E-state index < -0.39 is 0 Å². The van der Waals surface area contributed by atoms with Gasteiger partial charge in [-0.15, -0.1) is 0 Å². The number of nitriles is 1. The first kappa shape index (κ1) is 8.10. The van der Waals surface area contributed by atoms with E-state index >= 15 is 0 Å². The predicted molar refractivity (Wildman–Crippen MR) is 45.9 cm³/mol. The predicted octanol–water partition coefficient (Wildman–Crippen LogP) is 0.907. The summed E-state index contributed by atoms with van der Waals surface area (Å²) in [5.41, 5.74) is 6.86. The van der Waals surface area contributed by atoms with Crippen LogP contribution in [0.1, 0.15) is 18.3 Å². The van der Waals surface area contributed by atoms with Crippen molar-refractivity contribution in [1.29, 1.82) is 5.26 Å². The average molecular weight is 157 g/mol. The molecule has 0 saturated carbocycles. The molecule has 0 bridgehead atoms. The molecular formula is C9H7N3. The lowest BCUT2D eigenvalue weighted by molar-refractivity contribution is 1.24. The number of anilines is 1. The van der Waals surface area contributed by atoms with Gasteiger partial charge in [0, 0.05) is 0 Å². The highest BCUT2D eigenvalue weighted by Crippen LogP contribution is 2.07. The fourth-order valence-electron chi connectivity index (χ4n) is 0.751. The smallest absolute Gasteiger partial charge is 0.142 e. The molecule has 0 atom stereocenters. The number of hydrogen-bond donors (Lipinski definition) is 1. The fourth-order valence-corrected chi connectivity index (χ4v) is 0.751. The molecule has 0 amide bonds. The van der Waals surface area contributed by atoms with Crippen LogP contribution in [-0.2, 0) is 0 Å². The van der Waals surface area contributed by atoms with Crippen molar-refractivity contribution in [3.8, 4) is 17.9 Å². The number of hydrogen-bond acceptors (Lipinski definition) is 3. The fraction of sp³-hybridized carbons (Fsp3) is 0.111. The van der Waals surface area contributed by atoms with E-state index in [9.17, 15) is 0 Å². The van der Waals surface area contributed by atoms with Crippen LogP contribution in [0, 0.1) is 23.2 Å². The van der Waals surface area contributed by atoms with Crippen molar-refractivity contribution in [3.05, 3.63) is 23.5 Å². The Morgan fingerprint density at radius 3 is 2.83 bits per heavy atom. The van der Waals surface area contributed by atoms with Gasteiger partial charge in [0.1, 0.15) is 17.5 Å². The number of nitrogen functional groups attached to an aromatic ring is 1. The van der Waals surface area contributed by atoms with E-state index in [1.807, 2.05) is 6.07 Å². The monoisotopic (exact) mass is 157 g/mol. The van der Waals surface area contributed by atoms with Crippen molar-refractivity contribution in [2.45, 2.75) is 6.92 Å². The van der Waals surface area contributed by atoms with Crippen molar-refractivity contribution < 1.29 is 0 Å². The molecule has 0 spiro atoms. The van der Waals surface area contributed by atoms with E-state index in [0.717, 1.165) is 0 Å². The summed E-state index contributed by atoms with van der Waals surface area (Å²) < 4.78 is 0. The summed E-state index contributed by atoms with van der Waals surface area (Å²) in [4.78, 5) is 3.92. The normalized spacial score (nSPS) is 8.00. The van der Waals surface area contributed by atoms with Gasteiger partial charge in [-0.05, 0) is 25.0 Å². The molecule has 0 aliphatic heterocycles. The first-order chi connectivity index (χ1) is 5.77. The minimum atomic E-state index is 0.335. The Balaban J connectivity index is 3.25. The summed E-state index contributed by atoms with van der Waals surface area (Å²) in [7, 11) is 0. The van der Waals surface area contributed by atoms with Gasteiger partial charge >= 0.3 is 0 Å². The van der Waals surface area contributed by atoms with E-state index in [-0.39, 0.29) is 0 Å². The number of rotatable bonds is 0. The van der Waals surface area contributed by atoms with Crippen LogP contribution >= 0.6 is 0 Å². The van der Waals surface area contributed by atoms with E-state index in [2.05, 4.69) is 16.8 Å². The third-order valence-corrected chi connectivity index (χ3v) is 1.28. The maximum atomic E-state index is 8.52. The Bertz CT molecular complexity index is 390. The molecule has 1 aromatic heterocycles. The van der Waals surface area contributed by atoms with Crippen LogP contribution in [0.4, 0.5) is 5.69 Å². The molecule has 1 heterocycles. The van der Waals surface area contributed by atoms with Crippen molar-refractivity contribution in [3.63, 3.8) is 0 Å². The Morgan fingerprint density at radius 2 is 2.25 bits per heavy atom. The lowest BCUT2D eigenvalue weighted by atomic mass is 10.2. The van der Waals surface area contributed by atoms with Crippen LogP contribution < -0.4 is 5.73 Å². The van der Waals surface area contributed by atoms with Crippen LogP contribution in [0.25, 0.3) is 0 Å². The second-order valence-corrected chi connectivity index (χ2v) is 2.12. The van der Waals surface area contributed by atoms with Gasteiger partial charge in [0.2, 0.25) is 0 Å². The van der Waals surface area contributed by atoms with Crippen LogP contribution in [-0.4, -0.2) is 4.98 Å². The van der Waals surface area contributed by atoms with Gasteiger partial charge in [-0.25, -0.2) is 4.98 Å². The molecule has 58 valence electrons. The van der Waals surface area contributed by atoms with Crippen LogP contribution in [0.5, 0.6) is 0 Å². The molecule has 0 aliphatic carbocycles. The standard InChI is InChI=1S/C9H7N3/c1-2-3-9-8(11)5-4-7(6-10)12-9/h4-5H,11H2,1H3. The van der Waals surface area contributed by atoms with E-state index in [1.54, 1.807) is 19.1 Å². The first-order valence-electron chi connectivity index (χ1n) is 3.37. The molecule has 1 aromatic rings. The first-order valence-corrected chi connectivity index (χ1v) is 3.37. The summed E-state index contributed by atoms with van der Waals surface area (Å²) in [5, 5.41) is 8.52. The van der Waals surface area contributed by atoms with Gasteiger partial charge < -0.3 is 5.73 Å². The Kier molecular flexibility index (Phi) is 2.30. The highest BCUT2D eigenvalue weighted by atomic mass is 14.7. The van der Waals surface area contributed by atoms with Gasteiger partial charge in [0.25, 0.3) is 0 Å². The van der Waals surface area contributed by atoms with Gasteiger partial charge in [-0.2, -0.15) is 5.26 Å². The molecule has 0 unspecified atom stereocenters. The molecule has 0 radical (unpaired) electrons. The quantitative estimate of drug-likeness (QED) is 0.569. The number of nitrogens with two attached hydrogens (primary N) is 1. The maximum Gasteiger partial charge on any atom is 0.142 e. The Labute approximate surface area is 70.8 Å². The second-order valence-electron chi connectivity index (χ2n) is 2.12. The van der Waals surface area contributed by atoms with Gasteiger partial charge in [-0.3, -0.25) is 0 Å². The topological polar surface area (TPSA) is 62.7 Å². The molecule has 3 nitrogen and oxygen atoms in total. The lowest BCUT2D eigenvalue weighted by Gasteiger charge is -1.95. The molecule has 0 aromatic carbocycles. The van der Waals surface area contributed by atoms with Crippen LogP contribution in [0.3, 0.4) is 0 Å². The minimum Gasteiger partial charge on any atom is -0.396 e. The summed E-state index contributed by atoms with van der Waals surface area (Å²) in [6.45, 7) is 1.69. The lowest BCUT2D eigenvalue weighted by Crippen LogP contribution is -1.95. The molecule has 0 aliphatic rings. The summed E-state index contributed by atoms with van der Waals surface area (Å²) >= 11 is 0.